The molecule has 10 heteroatoms. The summed E-state index contributed by atoms with van der Waals surface area (Å²) in [7, 11) is 0. The molecule has 0 saturated carbocycles. The second kappa shape index (κ2) is 11.6. The van der Waals surface area contributed by atoms with Crippen molar-refractivity contribution >= 4 is 58.2 Å². The molecule has 2 aromatic carbocycles. The highest BCUT2D eigenvalue weighted by atomic mass is 35.5. The monoisotopic (exact) mass is 523 g/mol. The Kier molecular flexibility index (Phi) is 8.88. The number of amides is 2. The first kappa shape index (κ1) is 25.9. The first-order valence-corrected chi connectivity index (χ1v) is 12.0. The predicted molar refractivity (Wildman–Crippen MR) is 132 cm³/mol. The van der Waals surface area contributed by atoms with Crippen LogP contribution in [0.2, 0.25) is 10.0 Å². The second-order valence-electron chi connectivity index (χ2n) is 7.48. The average Bonchev–Trinajstić information content (AvgIpc) is 3.01. The zero-order chi connectivity index (χ0) is 24.8. The molecule has 0 radical (unpaired) electrons. The van der Waals surface area contributed by atoms with Crippen molar-refractivity contribution in [2.45, 2.75) is 33.5 Å². The zero-order valence-electron chi connectivity index (χ0n) is 18.8. The number of hydrogen-bond acceptors (Lipinski definition) is 7. The van der Waals surface area contributed by atoms with Crippen LogP contribution >= 0.6 is 35.0 Å². The van der Waals surface area contributed by atoms with Crippen LogP contribution < -0.4 is 9.47 Å². The van der Waals surface area contributed by atoms with Crippen molar-refractivity contribution in [1.29, 1.82) is 0 Å². The molecule has 0 bridgehead atoms. The van der Waals surface area contributed by atoms with E-state index in [1.54, 1.807) is 38.1 Å². The number of carbonyl (C=O) groups is 3. The minimum absolute atomic E-state index is 0.163. The van der Waals surface area contributed by atoms with Crippen molar-refractivity contribution in [1.82, 2.24) is 4.90 Å². The summed E-state index contributed by atoms with van der Waals surface area (Å²) in [6, 6.07) is 10.5. The molecule has 2 amide bonds. The summed E-state index contributed by atoms with van der Waals surface area (Å²) in [5, 5.41) is 0.365. The summed E-state index contributed by atoms with van der Waals surface area (Å²) in [6.45, 7) is 5.38. The summed E-state index contributed by atoms with van der Waals surface area (Å²) < 4.78 is 16.6. The fourth-order valence-electron chi connectivity index (χ4n) is 3.03. The Morgan fingerprint density at radius 2 is 1.82 bits per heavy atom. The van der Waals surface area contributed by atoms with Gasteiger partial charge < -0.3 is 14.2 Å². The molecule has 1 aliphatic heterocycles. The standard InChI is InChI=1S/C24H23Cl2NO6S/c1-4-31-19-10-16(9-18(26)22(19)32-13-15-5-7-17(25)8-6-15)11-20-23(29)27(24(30)34-20)12-21(28)33-14(2)3/h5-11,14H,4,12-13H2,1-3H3/b20-11+. The van der Waals surface area contributed by atoms with E-state index in [9.17, 15) is 14.4 Å². The summed E-state index contributed by atoms with van der Waals surface area (Å²) in [5.41, 5.74) is 1.44. The van der Waals surface area contributed by atoms with Gasteiger partial charge in [-0.25, -0.2) is 0 Å². The number of thioether (sulfide) groups is 1. The van der Waals surface area contributed by atoms with Gasteiger partial charge in [-0.2, -0.15) is 0 Å². The van der Waals surface area contributed by atoms with Gasteiger partial charge in [-0.1, -0.05) is 35.3 Å². The van der Waals surface area contributed by atoms with Crippen LogP contribution in [-0.2, 0) is 20.9 Å². The Morgan fingerprint density at radius 1 is 1.12 bits per heavy atom. The lowest BCUT2D eigenvalue weighted by Crippen LogP contribution is -2.35. The topological polar surface area (TPSA) is 82.1 Å². The Labute approximate surface area is 211 Å². The van der Waals surface area contributed by atoms with E-state index in [1.807, 2.05) is 19.1 Å². The fraction of sp³-hybridized carbons (Fsp3) is 0.292. The summed E-state index contributed by atoms with van der Waals surface area (Å²) >= 11 is 13.1. The predicted octanol–water partition coefficient (Wildman–Crippen LogP) is 5.96. The zero-order valence-corrected chi connectivity index (χ0v) is 21.1. The molecule has 180 valence electrons. The van der Waals surface area contributed by atoms with Crippen molar-refractivity contribution in [3.63, 3.8) is 0 Å². The van der Waals surface area contributed by atoms with Gasteiger partial charge in [-0.15, -0.1) is 0 Å². The van der Waals surface area contributed by atoms with E-state index in [0.717, 1.165) is 22.2 Å². The first-order chi connectivity index (χ1) is 16.2. The highest BCUT2D eigenvalue weighted by Crippen LogP contribution is 2.39. The van der Waals surface area contributed by atoms with E-state index in [4.69, 9.17) is 37.4 Å². The van der Waals surface area contributed by atoms with E-state index < -0.39 is 23.7 Å². The van der Waals surface area contributed by atoms with Gasteiger partial charge >= 0.3 is 5.97 Å². The van der Waals surface area contributed by atoms with Crippen molar-refractivity contribution < 1.29 is 28.6 Å². The third kappa shape index (κ3) is 6.68. The van der Waals surface area contributed by atoms with E-state index in [1.165, 1.54) is 6.08 Å². The fourth-order valence-corrected chi connectivity index (χ4v) is 4.27. The van der Waals surface area contributed by atoms with Crippen LogP contribution in [0.1, 0.15) is 31.9 Å². The van der Waals surface area contributed by atoms with Crippen LogP contribution in [0.4, 0.5) is 4.79 Å². The lowest BCUT2D eigenvalue weighted by molar-refractivity contribution is -0.149. The smallest absolute Gasteiger partial charge is 0.326 e. The third-order valence-electron chi connectivity index (χ3n) is 4.45. The number of carbonyl (C=O) groups excluding carboxylic acids is 3. The van der Waals surface area contributed by atoms with Gasteiger partial charge in [0.15, 0.2) is 11.5 Å². The normalized spacial score (nSPS) is 14.8. The van der Waals surface area contributed by atoms with Crippen molar-refractivity contribution in [2.75, 3.05) is 13.2 Å². The summed E-state index contributed by atoms with van der Waals surface area (Å²) in [6.07, 6.45) is 1.18. The highest BCUT2D eigenvalue weighted by Gasteiger charge is 2.36. The largest absolute Gasteiger partial charge is 0.490 e. The molecular formula is C24H23Cl2NO6S. The van der Waals surface area contributed by atoms with E-state index in [-0.39, 0.29) is 22.6 Å². The molecule has 0 aliphatic carbocycles. The number of ether oxygens (including phenoxy) is 3. The lowest BCUT2D eigenvalue weighted by atomic mass is 10.1. The maximum Gasteiger partial charge on any atom is 0.326 e. The molecule has 1 aliphatic rings. The van der Waals surface area contributed by atoms with E-state index in [0.29, 0.717) is 28.7 Å². The number of rotatable bonds is 9. The quantitative estimate of drug-likeness (QED) is 0.296. The first-order valence-electron chi connectivity index (χ1n) is 10.5. The van der Waals surface area contributed by atoms with Gasteiger partial charge in [0.1, 0.15) is 13.2 Å². The van der Waals surface area contributed by atoms with Gasteiger partial charge in [-0.05, 0) is 74.0 Å². The van der Waals surface area contributed by atoms with E-state index >= 15 is 0 Å². The average molecular weight is 524 g/mol. The van der Waals surface area contributed by atoms with Gasteiger partial charge in [0.05, 0.1) is 22.6 Å². The molecule has 0 atom stereocenters. The number of benzene rings is 2. The Bertz CT molecular complexity index is 1120. The van der Waals surface area contributed by atoms with Crippen LogP contribution in [0.3, 0.4) is 0 Å². The van der Waals surface area contributed by atoms with Crippen LogP contribution in [0.25, 0.3) is 6.08 Å². The molecule has 0 spiro atoms. The van der Waals surface area contributed by atoms with Crippen LogP contribution in [-0.4, -0.2) is 41.3 Å². The number of hydrogen-bond donors (Lipinski definition) is 0. The van der Waals surface area contributed by atoms with Crippen LogP contribution in [0.15, 0.2) is 41.3 Å². The highest BCUT2D eigenvalue weighted by molar-refractivity contribution is 8.18. The van der Waals surface area contributed by atoms with Gasteiger partial charge in [-0.3, -0.25) is 19.3 Å². The van der Waals surface area contributed by atoms with Crippen LogP contribution in [0, 0.1) is 0 Å². The summed E-state index contributed by atoms with van der Waals surface area (Å²) in [5.74, 6) is -0.467. The lowest BCUT2D eigenvalue weighted by Gasteiger charge is -2.15. The molecule has 2 aromatic rings. The maximum atomic E-state index is 12.7. The Balaban J connectivity index is 1.80. The molecule has 0 N–H and O–H groups in total. The van der Waals surface area contributed by atoms with Gasteiger partial charge in [0, 0.05) is 5.02 Å². The number of imide groups is 1. The molecule has 0 unspecified atom stereocenters. The van der Waals surface area contributed by atoms with Crippen molar-refractivity contribution in [2.24, 2.45) is 0 Å². The Morgan fingerprint density at radius 3 is 2.47 bits per heavy atom. The maximum absolute atomic E-state index is 12.7. The SMILES string of the molecule is CCOc1cc(/C=C2/SC(=O)N(CC(=O)OC(C)C)C2=O)cc(Cl)c1OCc1ccc(Cl)cc1. The third-order valence-corrected chi connectivity index (χ3v) is 5.89. The number of halogens is 2. The molecule has 3 rings (SSSR count). The molecular weight excluding hydrogens is 501 g/mol. The Hall–Kier alpha value is -2.68. The summed E-state index contributed by atoms with van der Waals surface area (Å²) in [4.78, 5) is 37.9. The van der Waals surface area contributed by atoms with Crippen molar-refractivity contribution in [3.8, 4) is 11.5 Å². The molecule has 7 nitrogen and oxygen atoms in total. The molecule has 1 fully saturated rings. The molecule has 1 heterocycles. The van der Waals surface area contributed by atoms with Crippen LogP contribution in [0.5, 0.6) is 11.5 Å². The molecule has 34 heavy (non-hydrogen) atoms. The minimum Gasteiger partial charge on any atom is -0.490 e. The van der Waals surface area contributed by atoms with Crippen molar-refractivity contribution in [3.05, 3.63) is 62.5 Å². The number of esters is 1. The molecule has 1 saturated heterocycles. The minimum atomic E-state index is -0.651. The van der Waals surface area contributed by atoms with Gasteiger partial charge in [0.25, 0.3) is 11.1 Å². The molecule has 0 aromatic heterocycles. The second-order valence-corrected chi connectivity index (χ2v) is 9.32. The van der Waals surface area contributed by atoms with E-state index in [2.05, 4.69) is 0 Å². The van der Waals surface area contributed by atoms with Gasteiger partial charge in [0.2, 0.25) is 0 Å². The number of nitrogens with zero attached hydrogens (tertiary/aromatic N) is 1.